The predicted molar refractivity (Wildman–Crippen MR) is 198 cm³/mol. The van der Waals surface area contributed by atoms with Crippen LogP contribution < -0.4 is 0 Å². The molecule has 0 N–H and O–H groups in total. The van der Waals surface area contributed by atoms with Crippen LogP contribution in [0, 0.1) is 0 Å². The first kappa shape index (κ1) is 26.0. The largest absolute Gasteiger partial charge is 0.456 e. The van der Waals surface area contributed by atoms with Crippen LogP contribution in [0.1, 0.15) is 0 Å². The molecule has 3 heterocycles. The molecule has 0 radical (unpaired) electrons. The van der Waals surface area contributed by atoms with Crippen molar-refractivity contribution in [3.05, 3.63) is 140 Å². The molecule has 0 saturated heterocycles. The van der Waals surface area contributed by atoms with Crippen LogP contribution in [0.5, 0.6) is 0 Å². The van der Waals surface area contributed by atoms with E-state index in [2.05, 4.69) is 91.0 Å². The van der Waals surface area contributed by atoms with Crippen LogP contribution in [0.4, 0.5) is 0 Å². The molecule has 5 heteroatoms. The van der Waals surface area contributed by atoms with Gasteiger partial charge >= 0.3 is 0 Å². The van der Waals surface area contributed by atoms with Gasteiger partial charge in [-0.15, -0.1) is 11.3 Å². The maximum absolute atomic E-state index is 6.25. The zero-order valence-corrected chi connectivity index (χ0v) is 26.3. The minimum Gasteiger partial charge on any atom is -0.456 e. The first-order valence-electron chi connectivity index (χ1n) is 16.0. The lowest BCUT2D eigenvalue weighted by molar-refractivity contribution is 0.669. The van der Waals surface area contributed by atoms with E-state index in [0.29, 0.717) is 17.5 Å². The van der Waals surface area contributed by atoms with Gasteiger partial charge in [-0.05, 0) is 63.4 Å². The maximum atomic E-state index is 6.25. The Balaban J connectivity index is 1.19. The van der Waals surface area contributed by atoms with Gasteiger partial charge in [0.25, 0.3) is 0 Å². The lowest BCUT2D eigenvalue weighted by Gasteiger charge is -2.10. The monoisotopic (exact) mass is 629 g/mol. The zero-order valence-electron chi connectivity index (χ0n) is 25.4. The summed E-state index contributed by atoms with van der Waals surface area (Å²) in [7, 11) is 0. The molecular weight excluding hydrogens is 607 g/mol. The summed E-state index contributed by atoms with van der Waals surface area (Å²) in [6.07, 6.45) is 0. The van der Waals surface area contributed by atoms with Crippen molar-refractivity contribution < 1.29 is 4.42 Å². The van der Waals surface area contributed by atoms with Crippen LogP contribution in [-0.4, -0.2) is 15.0 Å². The van der Waals surface area contributed by atoms with Gasteiger partial charge in [0.2, 0.25) is 0 Å². The average Bonchev–Trinajstić information content (AvgIpc) is 3.81. The van der Waals surface area contributed by atoms with Gasteiger partial charge in [0.15, 0.2) is 17.5 Å². The van der Waals surface area contributed by atoms with Crippen molar-refractivity contribution in [2.24, 2.45) is 0 Å². The summed E-state index contributed by atoms with van der Waals surface area (Å²) in [5, 5.41) is 7.07. The number of benzene rings is 7. The van der Waals surface area contributed by atoms with E-state index >= 15 is 0 Å². The van der Waals surface area contributed by atoms with Gasteiger partial charge in [-0.3, -0.25) is 0 Å². The van der Waals surface area contributed by atoms with Crippen molar-refractivity contribution >= 4 is 64.2 Å². The van der Waals surface area contributed by atoms with E-state index in [9.17, 15) is 0 Å². The highest BCUT2D eigenvalue weighted by Crippen LogP contribution is 2.51. The minimum absolute atomic E-state index is 0.621. The molecule has 0 atom stereocenters. The zero-order chi connectivity index (χ0) is 31.3. The van der Waals surface area contributed by atoms with E-state index < -0.39 is 0 Å². The van der Waals surface area contributed by atoms with Gasteiger partial charge in [-0.25, -0.2) is 15.0 Å². The fourth-order valence-electron chi connectivity index (χ4n) is 7.59. The van der Waals surface area contributed by atoms with Crippen molar-refractivity contribution in [1.29, 1.82) is 0 Å². The molecule has 4 nitrogen and oxygen atoms in total. The normalized spacial score (nSPS) is 12.2. The Bertz CT molecular complexity index is 2950. The molecule has 3 aromatic heterocycles. The first-order valence-corrected chi connectivity index (χ1v) is 16.8. The quantitative estimate of drug-likeness (QED) is 0.195. The maximum Gasteiger partial charge on any atom is 0.164 e. The Morgan fingerprint density at radius 3 is 1.83 bits per heavy atom. The molecule has 11 rings (SSSR count). The minimum atomic E-state index is 0.621. The van der Waals surface area contributed by atoms with E-state index in [1.165, 1.54) is 53.2 Å². The number of hydrogen-bond acceptors (Lipinski definition) is 5. The summed E-state index contributed by atoms with van der Waals surface area (Å²) in [5.41, 5.74) is 9.71. The third kappa shape index (κ3) is 3.62. The Hall–Kier alpha value is -6.17. The van der Waals surface area contributed by atoms with Gasteiger partial charge in [0.05, 0.1) is 0 Å². The molecule has 0 amide bonds. The van der Waals surface area contributed by atoms with Gasteiger partial charge in [0, 0.05) is 47.6 Å². The Kier molecular flexibility index (Phi) is 5.23. The van der Waals surface area contributed by atoms with E-state index in [1.807, 2.05) is 59.9 Å². The van der Waals surface area contributed by atoms with Crippen LogP contribution in [0.3, 0.4) is 0 Å². The summed E-state index contributed by atoms with van der Waals surface area (Å²) < 4.78 is 8.72. The third-order valence-corrected chi connectivity index (χ3v) is 10.8. The first-order chi connectivity index (χ1) is 23.8. The standard InChI is InChI=1S/C43H23N3OS/c1-2-10-25(11-3-1)41-44-42(29-17-8-20-35-39(29)28-14-4-5-19-34(28)47-35)46-43(45-41)30-18-9-21-36-40(30)33-22-31-26-15-6-12-24-13-7-16-27(38(24)26)32(31)23-37(33)48-36/h1-23H. The summed E-state index contributed by atoms with van der Waals surface area (Å²) in [6.45, 7) is 0. The second kappa shape index (κ2) is 9.67. The second-order valence-corrected chi connectivity index (χ2v) is 13.4. The molecule has 1 aliphatic rings. The van der Waals surface area contributed by atoms with Crippen molar-refractivity contribution in [3.8, 4) is 56.4 Å². The number of furan rings is 1. The Morgan fingerprint density at radius 2 is 1.02 bits per heavy atom. The molecule has 0 spiro atoms. The Morgan fingerprint density at radius 1 is 0.396 bits per heavy atom. The third-order valence-electron chi connectivity index (χ3n) is 9.67. The molecule has 7 aromatic carbocycles. The highest BCUT2D eigenvalue weighted by atomic mass is 32.1. The smallest absolute Gasteiger partial charge is 0.164 e. The van der Waals surface area contributed by atoms with Gasteiger partial charge in [-0.1, -0.05) is 109 Å². The number of nitrogens with zero attached hydrogens (tertiary/aromatic N) is 3. The number of thiophene rings is 1. The SMILES string of the molecule is c1ccc(-c2nc(-c3cccc4oc5ccccc5c34)nc(-c3cccc4sc5cc6c(cc5c34)-c3cccc4cccc-6c34)n2)cc1. The molecule has 222 valence electrons. The Labute approximate surface area is 278 Å². The lowest BCUT2D eigenvalue weighted by Crippen LogP contribution is -2.00. The summed E-state index contributed by atoms with van der Waals surface area (Å²) >= 11 is 1.83. The lowest BCUT2D eigenvalue weighted by atomic mass is 9.99. The second-order valence-electron chi connectivity index (χ2n) is 12.3. The van der Waals surface area contributed by atoms with Crippen LogP contribution >= 0.6 is 11.3 Å². The van der Waals surface area contributed by atoms with Crippen LogP contribution in [0.2, 0.25) is 0 Å². The number of hydrogen-bond donors (Lipinski definition) is 0. The number of aromatic nitrogens is 3. The van der Waals surface area contributed by atoms with Gasteiger partial charge in [-0.2, -0.15) is 0 Å². The topological polar surface area (TPSA) is 51.8 Å². The molecule has 0 fully saturated rings. The molecule has 48 heavy (non-hydrogen) atoms. The van der Waals surface area contributed by atoms with Crippen molar-refractivity contribution in [1.82, 2.24) is 15.0 Å². The molecule has 0 saturated carbocycles. The highest BCUT2D eigenvalue weighted by molar-refractivity contribution is 7.26. The average molecular weight is 630 g/mol. The molecule has 10 aromatic rings. The molecule has 0 bridgehead atoms. The molecule has 1 aliphatic carbocycles. The summed E-state index contributed by atoms with van der Waals surface area (Å²) in [5.74, 6) is 1.91. The van der Waals surface area contributed by atoms with Gasteiger partial charge < -0.3 is 4.42 Å². The molecule has 0 aliphatic heterocycles. The van der Waals surface area contributed by atoms with Crippen LogP contribution in [-0.2, 0) is 0 Å². The van der Waals surface area contributed by atoms with Crippen LogP contribution in [0.25, 0.3) is 109 Å². The molecular formula is C43H23N3OS. The van der Waals surface area contributed by atoms with Crippen LogP contribution in [0.15, 0.2) is 144 Å². The van der Waals surface area contributed by atoms with Crippen molar-refractivity contribution in [2.75, 3.05) is 0 Å². The predicted octanol–water partition coefficient (Wildman–Crippen LogP) is 11.9. The van der Waals surface area contributed by atoms with E-state index in [4.69, 9.17) is 19.4 Å². The number of fused-ring (bicyclic) bond motifs is 9. The fourth-order valence-corrected chi connectivity index (χ4v) is 8.74. The molecule has 0 unspecified atom stereocenters. The summed E-state index contributed by atoms with van der Waals surface area (Å²) in [4.78, 5) is 15.5. The van der Waals surface area contributed by atoms with Crippen molar-refractivity contribution in [2.45, 2.75) is 0 Å². The van der Waals surface area contributed by atoms with E-state index in [0.717, 1.165) is 38.6 Å². The van der Waals surface area contributed by atoms with E-state index in [1.54, 1.807) is 0 Å². The highest BCUT2D eigenvalue weighted by Gasteiger charge is 2.24. The number of para-hydroxylation sites is 1. The van der Waals surface area contributed by atoms with E-state index in [-0.39, 0.29) is 0 Å². The van der Waals surface area contributed by atoms with Crippen molar-refractivity contribution in [3.63, 3.8) is 0 Å². The van der Waals surface area contributed by atoms with Gasteiger partial charge in [0.1, 0.15) is 11.2 Å². The summed E-state index contributed by atoms with van der Waals surface area (Å²) in [6, 6.07) is 48.9. The number of rotatable bonds is 3. The fraction of sp³-hybridized carbons (Fsp3) is 0.